The van der Waals surface area contributed by atoms with Crippen LogP contribution in [0.2, 0.25) is 10.0 Å². The number of nitrogens with zero attached hydrogens (tertiary/aromatic N) is 1. The van der Waals surface area contributed by atoms with Gasteiger partial charge in [-0.15, -0.1) is 0 Å². The summed E-state index contributed by atoms with van der Waals surface area (Å²) < 4.78 is 5.16. The lowest BCUT2D eigenvalue weighted by molar-refractivity contribution is -0.385. The van der Waals surface area contributed by atoms with Gasteiger partial charge in [0.05, 0.1) is 20.5 Å². The number of carbonyl (C=O) groups excluding carboxylic acids is 1. The molecule has 0 amide bonds. The highest BCUT2D eigenvalue weighted by atomic mass is 35.5. The number of nitro groups is 1. The van der Waals surface area contributed by atoms with Crippen LogP contribution in [0.3, 0.4) is 0 Å². The fourth-order valence-electron chi connectivity index (χ4n) is 1.90. The first kappa shape index (κ1) is 16.3. The van der Waals surface area contributed by atoms with Gasteiger partial charge in [0.2, 0.25) is 0 Å². The van der Waals surface area contributed by atoms with Crippen LogP contribution in [0.25, 0.3) is 0 Å². The van der Waals surface area contributed by atoms with E-state index in [0.29, 0.717) is 15.6 Å². The van der Waals surface area contributed by atoms with Crippen LogP contribution in [0, 0.1) is 17.0 Å². The van der Waals surface area contributed by atoms with Crippen LogP contribution in [-0.4, -0.2) is 10.9 Å². The average molecular weight is 340 g/mol. The van der Waals surface area contributed by atoms with Crippen molar-refractivity contribution >= 4 is 34.9 Å². The third-order valence-electron chi connectivity index (χ3n) is 3.08. The third-order valence-corrected chi connectivity index (χ3v) is 3.81. The first-order valence-electron chi connectivity index (χ1n) is 6.25. The van der Waals surface area contributed by atoms with E-state index in [0.717, 1.165) is 0 Å². The summed E-state index contributed by atoms with van der Waals surface area (Å²) >= 11 is 11.7. The van der Waals surface area contributed by atoms with Crippen molar-refractivity contribution < 1.29 is 14.5 Å². The lowest BCUT2D eigenvalue weighted by Crippen LogP contribution is -2.08. The van der Waals surface area contributed by atoms with Crippen molar-refractivity contribution in [2.24, 2.45) is 0 Å². The van der Waals surface area contributed by atoms with Crippen molar-refractivity contribution in [2.75, 3.05) is 0 Å². The molecular weight excluding hydrogens is 329 g/mol. The molecule has 2 rings (SSSR count). The molecule has 0 spiro atoms. The third kappa shape index (κ3) is 3.55. The number of esters is 1. The van der Waals surface area contributed by atoms with E-state index < -0.39 is 10.9 Å². The molecule has 114 valence electrons. The molecule has 0 atom stereocenters. The molecule has 0 radical (unpaired) electrons. The Kier molecular flexibility index (Phi) is 5.00. The average Bonchev–Trinajstić information content (AvgIpc) is 2.48. The van der Waals surface area contributed by atoms with E-state index >= 15 is 0 Å². The van der Waals surface area contributed by atoms with Gasteiger partial charge in [-0.25, -0.2) is 4.79 Å². The molecule has 5 nitrogen and oxygen atoms in total. The Morgan fingerprint density at radius 1 is 1.23 bits per heavy atom. The molecule has 2 aromatic carbocycles. The number of hydrogen-bond acceptors (Lipinski definition) is 4. The molecule has 0 bridgehead atoms. The van der Waals surface area contributed by atoms with Crippen molar-refractivity contribution in [1.29, 1.82) is 0 Å². The van der Waals surface area contributed by atoms with Crippen LogP contribution in [0.5, 0.6) is 0 Å². The zero-order valence-electron chi connectivity index (χ0n) is 11.5. The standard InChI is InChI=1S/C15H11Cl2NO4/c1-9-11(3-2-4-14(9)18(20)21)15(19)22-8-10-5-6-12(16)13(17)7-10/h2-7H,8H2,1H3. The lowest BCUT2D eigenvalue weighted by atomic mass is 10.1. The second-order valence-corrected chi connectivity index (χ2v) is 5.35. The van der Waals surface area contributed by atoms with Crippen LogP contribution < -0.4 is 0 Å². The molecule has 7 heteroatoms. The van der Waals surface area contributed by atoms with Crippen molar-refractivity contribution in [3.63, 3.8) is 0 Å². The predicted molar refractivity (Wildman–Crippen MR) is 83.4 cm³/mol. The maximum absolute atomic E-state index is 12.1. The Balaban J connectivity index is 2.14. The summed E-state index contributed by atoms with van der Waals surface area (Å²) in [4.78, 5) is 22.4. The molecule has 0 unspecified atom stereocenters. The normalized spacial score (nSPS) is 10.3. The SMILES string of the molecule is Cc1c(C(=O)OCc2ccc(Cl)c(Cl)c2)cccc1[N+](=O)[O-]. The van der Waals surface area contributed by atoms with Gasteiger partial charge >= 0.3 is 5.97 Å². The lowest BCUT2D eigenvalue weighted by Gasteiger charge is -2.08. The first-order valence-corrected chi connectivity index (χ1v) is 7.01. The Morgan fingerprint density at radius 2 is 1.95 bits per heavy atom. The number of nitro benzene ring substituents is 1. The van der Waals surface area contributed by atoms with Gasteiger partial charge in [-0.05, 0) is 30.7 Å². The van der Waals surface area contributed by atoms with E-state index in [4.69, 9.17) is 27.9 Å². The minimum absolute atomic E-state index is 0.00213. The van der Waals surface area contributed by atoms with Gasteiger partial charge in [-0.2, -0.15) is 0 Å². The molecule has 0 heterocycles. The van der Waals surface area contributed by atoms with Crippen molar-refractivity contribution in [2.45, 2.75) is 13.5 Å². The highest BCUT2D eigenvalue weighted by molar-refractivity contribution is 6.42. The van der Waals surface area contributed by atoms with Crippen molar-refractivity contribution in [3.05, 3.63) is 73.2 Å². The van der Waals surface area contributed by atoms with E-state index in [1.165, 1.54) is 25.1 Å². The van der Waals surface area contributed by atoms with Gasteiger partial charge < -0.3 is 4.74 Å². The molecule has 0 saturated heterocycles. The molecule has 0 aliphatic rings. The summed E-state index contributed by atoms with van der Waals surface area (Å²) in [6.45, 7) is 1.51. The first-order chi connectivity index (χ1) is 10.4. The van der Waals surface area contributed by atoms with Gasteiger partial charge in [0, 0.05) is 11.6 Å². The molecule has 2 aromatic rings. The summed E-state index contributed by atoms with van der Waals surface area (Å²) in [5.74, 6) is -0.632. The Hall–Kier alpha value is -2.11. The van der Waals surface area contributed by atoms with Gasteiger partial charge in [0.1, 0.15) is 6.61 Å². The van der Waals surface area contributed by atoms with E-state index in [-0.39, 0.29) is 23.4 Å². The van der Waals surface area contributed by atoms with E-state index in [1.54, 1.807) is 18.2 Å². The van der Waals surface area contributed by atoms with Gasteiger partial charge in [-0.3, -0.25) is 10.1 Å². The number of benzene rings is 2. The molecule has 0 fully saturated rings. The predicted octanol–water partition coefficient (Wildman–Crippen LogP) is 4.57. The van der Waals surface area contributed by atoms with Crippen LogP contribution in [0.1, 0.15) is 21.5 Å². The summed E-state index contributed by atoms with van der Waals surface area (Å²) in [5.41, 5.74) is 0.982. The smallest absolute Gasteiger partial charge is 0.338 e. The fourth-order valence-corrected chi connectivity index (χ4v) is 2.22. The van der Waals surface area contributed by atoms with Gasteiger partial charge in [0.25, 0.3) is 5.69 Å². The highest BCUT2D eigenvalue weighted by Crippen LogP contribution is 2.24. The van der Waals surface area contributed by atoms with Crippen LogP contribution in [-0.2, 0) is 11.3 Å². The second-order valence-electron chi connectivity index (χ2n) is 4.53. The molecule has 0 aromatic heterocycles. The fraction of sp³-hybridized carbons (Fsp3) is 0.133. The molecule has 0 aliphatic heterocycles. The number of rotatable bonds is 4. The molecule has 0 aliphatic carbocycles. The van der Waals surface area contributed by atoms with Crippen LogP contribution in [0.4, 0.5) is 5.69 Å². The number of ether oxygens (including phenoxy) is 1. The topological polar surface area (TPSA) is 69.4 Å². The van der Waals surface area contributed by atoms with E-state index in [9.17, 15) is 14.9 Å². The largest absolute Gasteiger partial charge is 0.457 e. The minimum Gasteiger partial charge on any atom is -0.457 e. The minimum atomic E-state index is -0.632. The zero-order valence-corrected chi connectivity index (χ0v) is 13.0. The summed E-state index contributed by atoms with van der Waals surface area (Å²) in [5, 5.41) is 11.6. The molecule has 22 heavy (non-hydrogen) atoms. The second kappa shape index (κ2) is 6.77. The van der Waals surface area contributed by atoms with Gasteiger partial charge in [0.15, 0.2) is 0 Å². The number of carbonyl (C=O) groups is 1. The van der Waals surface area contributed by atoms with Crippen molar-refractivity contribution in [1.82, 2.24) is 0 Å². The van der Waals surface area contributed by atoms with Gasteiger partial charge in [-0.1, -0.05) is 35.3 Å². The molecule has 0 N–H and O–H groups in total. The van der Waals surface area contributed by atoms with E-state index in [1.807, 2.05) is 0 Å². The number of hydrogen-bond donors (Lipinski definition) is 0. The summed E-state index contributed by atoms with van der Waals surface area (Å²) in [6, 6.07) is 9.15. The number of halogens is 2. The summed E-state index contributed by atoms with van der Waals surface area (Å²) in [7, 11) is 0. The Labute approximate surface area is 136 Å². The Morgan fingerprint density at radius 3 is 2.59 bits per heavy atom. The van der Waals surface area contributed by atoms with Crippen LogP contribution in [0.15, 0.2) is 36.4 Å². The highest BCUT2D eigenvalue weighted by Gasteiger charge is 2.19. The maximum atomic E-state index is 12.1. The van der Waals surface area contributed by atoms with Crippen LogP contribution >= 0.6 is 23.2 Å². The monoisotopic (exact) mass is 339 g/mol. The van der Waals surface area contributed by atoms with Crippen molar-refractivity contribution in [3.8, 4) is 0 Å². The Bertz CT molecular complexity index is 746. The zero-order chi connectivity index (χ0) is 16.3. The van der Waals surface area contributed by atoms with E-state index in [2.05, 4.69) is 0 Å². The molecular formula is C15H11Cl2NO4. The summed E-state index contributed by atoms with van der Waals surface area (Å²) in [6.07, 6.45) is 0. The quantitative estimate of drug-likeness (QED) is 0.464. The molecule has 0 saturated carbocycles. The maximum Gasteiger partial charge on any atom is 0.338 e.